The van der Waals surface area contributed by atoms with Gasteiger partial charge >= 0.3 is 0 Å². The maximum atomic E-state index is 5.62. The molecule has 96 valence electrons. The van der Waals surface area contributed by atoms with E-state index in [0.29, 0.717) is 6.04 Å². The molecule has 3 aliphatic carbocycles. The maximum absolute atomic E-state index is 5.62. The summed E-state index contributed by atoms with van der Waals surface area (Å²) < 4.78 is 0. The number of rotatable bonds is 5. The number of hydrogen-bond acceptors (Lipinski definition) is 1. The standard InChI is InChI=1S/C14H24N2S/c17-14(15-13-3-1-2-4-13)16(9-11-5-6-11)10-12-7-8-12/h11-13H,1-10H2,(H,15,17). The zero-order valence-corrected chi connectivity index (χ0v) is 11.5. The van der Waals surface area contributed by atoms with Gasteiger partial charge in [0.25, 0.3) is 0 Å². The minimum absolute atomic E-state index is 0.670. The Kier molecular flexibility index (Phi) is 3.55. The van der Waals surface area contributed by atoms with Gasteiger partial charge in [-0.3, -0.25) is 0 Å². The molecule has 0 amide bonds. The highest BCUT2D eigenvalue weighted by Gasteiger charge is 2.30. The van der Waals surface area contributed by atoms with Gasteiger partial charge in [0.15, 0.2) is 5.11 Å². The third-order valence-corrected chi connectivity index (χ3v) is 4.70. The molecule has 3 aliphatic rings. The molecule has 17 heavy (non-hydrogen) atoms. The van der Waals surface area contributed by atoms with E-state index in [9.17, 15) is 0 Å². The van der Waals surface area contributed by atoms with Crippen molar-refractivity contribution in [2.24, 2.45) is 11.8 Å². The van der Waals surface area contributed by atoms with Crippen molar-refractivity contribution in [2.75, 3.05) is 13.1 Å². The molecule has 0 spiro atoms. The van der Waals surface area contributed by atoms with Crippen LogP contribution in [0, 0.1) is 11.8 Å². The van der Waals surface area contributed by atoms with Crippen molar-refractivity contribution >= 4 is 17.3 Å². The van der Waals surface area contributed by atoms with E-state index >= 15 is 0 Å². The van der Waals surface area contributed by atoms with Gasteiger partial charge in [-0.1, -0.05) is 12.8 Å². The fourth-order valence-electron chi connectivity index (χ4n) is 2.80. The van der Waals surface area contributed by atoms with Crippen LogP contribution in [0.5, 0.6) is 0 Å². The van der Waals surface area contributed by atoms with Crippen molar-refractivity contribution in [2.45, 2.75) is 57.4 Å². The predicted octanol–water partition coefficient (Wildman–Crippen LogP) is 2.93. The first-order valence-corrected chi connectivity index (χ1v) is 7.77. The highest BCUT2D eigenvalue weighted by atomic mass is 32.1. The summed E-state index contributed by atoms with van der Waals surface area (Å²) in [6.07, 6.45) is 11.1. The van der Waals surface area contributed by atoms with Gasteiger partial charge in [0.1, 0.15) is 0 Å². The number of nitrogens with one attached hydrogen (secondary N) is 1. The Balaban J connectivity index is 1.49. The van der Waals surface area contributed by atoms with Gasteiger partial charge in [0.2, 0.25) is 0 Å². The third kappa shape index (κ3) is 3.57. The molecule has 3 fully saturated rings. The predicted molar refractivity (Wildman–Crippen MR) is 75.0 cm³/mol. The summed E-state index contributed by atoms with van der Waals surface area (Å²) in [7, 11) is 0. The maximum Gasteiger partial charge on any atom is 0.169 e. The lowest BCUT2D eigenvalue weighted by molar-refractivity contribution is 0.371. The molecule has 2 nitrogen and oxygen atoms in total. The summed E-state index contributed by atoms with van der Waals surface area (Å²) in [5.41, 5.74) is 0. The van der Waals surface area contributed by atoms with Gasteiger partial charge in [-0.25, -0.2) is 0 Å². The quantitative estimate of drug-likeness (QED) is 0.757. The van der Waals surface area contributed by atoms with Crippen LogP contribution < -0.4 is 5.32 Å². The van der Waals surface area contributed by atoms with Crippen molar-refractivity contribution in [3.8, 4) is 0 Å². The average Bonchev–Trinajstić information content (AvgIpc) is 3.23. The Hall–Kier alpha value is -0.310. The lowest BCUT2D eigenvalue weighted by Crippen LogP contribution is -2.45. The molecule has 0 atom stereocenters. The monoisotopic (exact) mass is 252 g/mol. The summed E-state index contributed by atoms with van der Waals surface area (Å²) in [5, 5.41) is 4.65. The average molecular weight is 252 g/mol. The Bertz CT molecular complexity index is 264. The summed E-state index contributed by atoms with van der Waals surface area (Å²) in [6.45, 7) is 2.43. The summed E-state index contributed by atoms with van der Waals surface area (Å²) in [5.74, 6) is 1.88. The van der Waals surface area contributed by atoms with Crippen molar-refractivity contribution in [3.63, 3.8) is 0 Å². The van der Waals surface area contributed by atoms with Crippen molar-refractivity contribution < 1.29 is 0 Å². The fourth-order valence-corrected chi connectivity index (χ4v) is 3.12. The SMILES string of the molecule is S=C(NC1CCCC1)N(CC1CC1)CC1CC1. The molecule has 3 heteroatoms. The Morgan fingerprint density at radius 2 is 1.47 bits per heavy atom. The molecule has 0 heterocycles. The second-order valence-electron chi connectivity index (χ2n) is 6.22. The van der Waals surface area contributed by atoms with Gasteiger partial charge in [-0.05, 0) is 62.6 Å². The molecule has 0 saturated heterocycles. The van der Waals surface area contributed by atoms with E-state index in [1.165, 1.54) is 64.5 Å². The van der Waals surface area contributed by atoms with Crippen LogP contribution in [0.3, 0.4) is 0 Å². The van der Waals surface area contributed by atoms with Crippen molar-refractivity contribution in [3.05, 3.63) is 0 Å². The highest BCUT2D eigenvalue weighted by Crippen LogP contribution is 2.33. The summed E-state index contributed by atoms with van der Waals surface area (Å²) in [4.78, 5) is 2.48. The van der Waals surface area contributed by atoms with Gasteiger partial charge in [-0.15, -0.1) is 0 Å². The zero-order chi connectivity index (χ0) is 11.7. The lowest BCUT2D eigenvalue weighted by Gasteiger charge is -2.28. The van der Waals surface area contributed by atoms with Gasteiger partial charge in [0.05, 0.1) is 0 Å². The van der Waals surface area contributed by atoms with Crippen molar-refractivity contribution in [1.29, 1.82) is 0 Å². The molecule has 0 aromatic rings. The van der Waals surface area contributed by atoms with E-state index in [0.717, 1.165) is 16.9 Å². The Morgan fingerprint density at radius 3 is 1.94 bits per heavy atom. The van der Waals surface area contributed by atoms with Crippen LogP contribution in [-0.4, -0.2) is 29.1 Å². The second kappa shape index (κ2) is 5.13. The normalized spacial score (nSPS) is 24.9. The minimum Gasteiger partial charge on any atom is -0.360 e. The smallest absolute Gasteiger partial charge is 0.169 e. The Labute approximate surface area is 110 Å². The molecule has 0 aliphatic heterocycles. The van der Waals surface area contributed by atoms with Crippen molar-refractivity contribution in [1.82, 2.24) is 10.2 Å². The minimum atomic E-state index is 0.670. The molecule has 3 rings (SSSR count). The van der Waals surface area contributed by atoms with E-state index < -0.39 is 0 Å². The summed E-state index contributed by atoms with van der Waals surface area (Å²) >= 11 is 5.62. The molecule has 0 bridgehead atoms. The largest absolute Gasteiger partial charge is 0.360 e. The Morgan fingerprint density at radius 1 is 0.941 bits per heavy atom. The molecule has 1 N–H and O–H groups in total. The first kappa shape index (κ1) is 11.8. The topological polar surface area (TPSA) is 15.3 Å². The van der Waals surface area contributed by atoms with E-state index in [-0.39, 0.29) is 0 Å². The van der Waals surface area contributed by atoms with E-state index in [2.05, 4.69) is 10.2 Å². The van der Waals surface area contributed by atoms with Crippen LogP contribution in [0.4, 0.5) is 0 Å². The van der Waals surface area contributed by atoms with Crippen LogP contribution in [0.15, 0.2) is 0 Å². The molecule has 0 aromatic carbocycles. The van der Waals surface area contributed by atoms with E-state index in [1.54, 1.807) is 0 Å². The van der Waals surface area contributed by atoms with Crippen LogP contribution in [0.1, 0.15) is 51.4 Å². The summed E-state index contributed by atoms with van der Waals surface area (Å²) in [6, 6.07) is 0.670. The molecule has 3 saturated carbocycles. The van der Waals surface area contributed by atoms with Gasteiger partial charge < -0.3 is 10.2 Å². The van der Waals surface area contributed by atoms with Gasteiger partial charge in [-0.2, -0.15) is 0 Å². The lowest BCUT2D eigenvalue weighted by atomic mass is 10.2. The van der Waals surface area contributed by atoms with Crippen LogP contribution in [0.25, 0.3) is 0 Å². The second-order valence-corrected chi connectivity index (χ2v) is 6.61. The van der Waals surface area contributed by atoms with Crippen LogP contribution >= 0.6 is 12.2 Å². The molecular formula is C14H24N2S. The third-order valence-electron chi connectivity index (χ3n) is 4.32. The first-order valence-electron chi connectivity index (χ1n) is 7.36. The van der Waals surface area contributed by atoms with Gasteiger partial charge in [0, 0.05) is 19.1 Å². The highest BCUT2D eigenvalue weighted by molar-refractivity contribution is 7.80. The molecule has 0 aromatic heterocycles. The molecular weight excluding hydrogens is 228 g/mol. The van der Waals surface area contributed by atoms with Crippen LogP contribution in [0.2, 0.25) is 0 Å². The number of nitrogens with zero attached hydrogens (tertiary/aromatic N) is 1. The fraction of sp³-hybridized carbons (Fsp3) is 0.929. The zero-order valence-electron chi connectivity index (χ0n) is 10.7. The first-order chi connectivity index (χ1) is 8.31. The number of thiocarbonyl (C=S) groups is 1. The number of hydrogen-bond donors (Lipinski definition) is 1. The molecule has 0 unspecified atom stereocenters. The molecule has 0 radical (unpaired) electrons. The van der Waals surface area contributed by atoms with E-state index in [4.69, 9.17) is 12.2 Å². The van der Waals surface area contributed by atoms with E-state index in [1.807, 2.05) is 0 Å². The van der Waals surface area contributed by atoms with Crippen LogP contribution in [-0.2, 0) is 0 Å².